The SMILES string of the molecule is CC(C)C(CCO)NC(=O)C(OC(C)(C)C)c1ccccc1. The number of amides is 1. The summed E-state index contributed by atoms with van der Waals surface area (Å²) in [6.45, 7) is 9.92. The summed E-state index contributed by atoms with van der Waals surface area (Å²) < 4.78 is 5.97. The van der Waals surface area contributed by atoms with Crippen molar-refractivity contribution in [2.45, 2.75) is 58.8 Å². The molecule has 0 aromatic heterocycles. The summed E-state index contributed by atoms with van der Waals surface area (Å²) in [4.78, 5) is 12.7. The van der Waals surface area contributed by atoms with E-state index in [1.165, 1.54) is 0 Å². The lowest BCUT2D eigenvalue weighted by molar-refractivity contribution is -0.144. The van der Waals surface area contributed by atoms with Gasteiger partial charge in [-0.3, -0.25) is 4.79 Å². The molecule has 0 aliphatic carbocycles. The third-order valence-electron chi connectivity index (χ3n) is 3.38. The summed E-state index contributed by atoms with van der Waals surface area (Å²) in [5.74, 6) is 0.0930. The number of aliphatic hydroxyl groups is 1. The first kappa shape index (κ1) is 18.7. The highest BCUT2D eigenvalue weighted by Crippen LogP contribution is 2.24. The fourth-order valence-electron chi connectivity index (χ4n) is 2.22. The molecule has 0 saturated carbocycles. The Morgan fingerprint density at radius 3 is 2.27 bits per heavy atom. The van der Waals surface area contributed by atoms with Gasteiger partial charge in [0.15, 0.2) is 6.10 Å². The number of aliphatic hydroxyl groups excluding tert-OH is 1. The second kappa shape index (κ2) is 8.30. The molecule has 0 bridgehead atoms. The predicted molar refractivity (Wildman–Crippen MR) is 88.5 cm³/mol. The number of nitrogens with one attached hydrogen (secondary N) is 1. The lowest BCUT2D eigenvalue weighted by atomic mass is 10.00. The summed E-state index contributed by atoms with van der Waals surface area (Å²) in [5, 5.41) is 12.2. The minimum Gasteiger partial charge on any atom is -0.396 e. The molecule has 4 nitrogen and oxygen atoms in total. The van der Waals surface area contributed by atoms with Gasteiger partial charge in [-0.1, -0.05) is 44.2 Å². The molecular weight excluding hydrogens is 278 g/mol. The summed E-state index contributed by atoms with van der Waals surface area (Å²) in [6.07, 6.45) is -0.110. The smallest absolute Gasteiger partial charge is 0.254 e. The van der Waals surface area contributed by atoms with Gasteiger partial charge in [0.1, 0.15) is 0 Å². The van der Waals surface area contributed by atoms with Gasteiger partial charge < -0.3 is 15.2 Å². The first-order valence-electron chi connectivity index (χ1n) is 7.88. The van der Waals surface area contributed by atoms with Crippen molar-refractivity contribution in [1.82, 2.24) is 5.32 Å². The van der Waals surface area contributed by atoms with Crippen LogP contribution in [0.5, 0.6) is 0 Å². The van der Waals surface area contributed by atoms with Crippen molar-refractivity contribution >= 4 is 5.91 Å². The van der Waals surface area contributed by atoms with Crippen LogP contribution in [-0.2, 0) is 9.53 Å². The third kappa shape index (κ3) is 6.16. The Bertz CT molecular complexity index is 451. The van der Waals surface area contributed by atoms with Crippen molar-refractivity contribution in [2.24, 2.45) is 5.92 Å². The highest BCUT2D eigenvalue weighted by Gasteiger charge is 2.29. The van der Waals surface area contributed by atoms with Gasteiger partial charge in [0.05, 0.1) is 5.60 Å². The second-order valence-corrected chi connectivity index (χ2v) is 6.89. The molecule has 1 amide bonds. The van der Waals surface area contributed by atoms with E-state index in [4.69, 9.17) is 9.84 Å². The Kier molecular flexibility index (Phi) is 7.04. The molecule has 1 rings (SSSR count). The van der Waals surface area contributed by atoms with E-state index in [0.29, 0.717) is 6.42 Å². The number of ether oxygens (including phenoxy) is 1. The first-order valence-corrected chi connectivity index (χ1v) is 7.88. The molecule has 2 N–H and O–H groups in total. The van der Waals surface area contributed by atoms with E-state index in [1.54, 1.807) is 0 Å². The van der Waals surface area contributed by atoms with E-state index in [1.807, 2.05) is 65.0 Å². The standard InChI is InChI=1S/C18H29NO3/c1-13(2)15(11-12-20)19-17(21)16(22-18(3,4)5)14-9-7-6-8-10-14/h6-10,13,15-16,20H,11-12H2,1-5H3,(H,19,21). The summed E-state index contributed by atoms with van der Waals surface area (Å²) in [6, 6.07) is 9.44. The van der Waals surface area contributed by atoms with E-state index >= 15 is 0 Å². The molecule has 0 aliphatic rings. The number of rotatable bonds is 7. The van der Waals surface area contributed by atoms with Crippen molar-refractivity contribution in [3.63, 3.8) is 0 Å². The van der Waals surface area contributed by atoms with Gasteiger partial charge in [0.25, 0.3) is 5.91 Å². The highest BCUT2D eigenvalue weighted by molar-refractivity contribution is 5.82. The Balaban J connectivity index is 2.93. The molecule has 0 fully saturated rings. The monoisotopic (exact) mass is 307 g/mol. The fourth-order valence-corrected chi connectivity index (χ4v) is 2.22. The van der Waals surface area contributed by atoms with E-state index < -0.39 is 11.7 Å². The van der Waals surface area contributed by atoms with Gasteiger partial charge in [-0.15, -0.1) is 0 Å². The molecule has 4 heteroatoms. The summed E-state index contributed by atoms with van der Waals surface area (Å²) >= 11 is 0. The number of hydrogen-bond acceptors (Lipinski definition) is 3. The van der Waals surface area contributed by atoms with E-state index in [9.17, 15) is 4.79 Å². The van der Waals surface area contributed by atoms with Crippen molar-refractivity contribution in [2.75, 3.05) is 6.61 Å². The van der Waals surface area contributed by atoms with Crippen LogP contribution in [0.3, 0.4) is 0 Å². The van der Waals surface area contributed by atoms with Gasteiger partial charge in [0, 0.05) is 12.6 Å². The van der Waals surface area contributed by atoms with Gasteiger partial charge in [-0.2, -0.15) is 0 Å². The van der Waals surface area contributed by atoms with Crippen LogP contribution in [0, 0.1) is 5.92 Å². The largest absolute Gasteiger partial charge is 0.396 e. The van der Waals surface area contributed by atoms with Crippen LogP contribution in [0.25, 0.3) is 0 Å². The molecule has 22 heavy (non-hydrogen) atoms. The maximum absolute atomic E-state index is 12.7. The highest BCUT2D eigenvalue weighted by atomic mass is 16.5. The van der Waals surface area contributed by atoms with Crippen molar-refractivity contribution in [3.05, 3.63) is 35.9 Å². The lowest BCUT2D eigenvalue weighted by Gasteiger charge is -2.30. The van der Waals surface area contributed by atoms with Crippen LogP contribution in [0.1, 0.15) is 52.7 Å². The topological polar surface area (TPSA) is 58.6 Å². The molecule has 0 spiro atoms. The normalized spacial score (nSPS) is 14.7. The van der Waals surface area contributed by atoms with Gasteiger partial charge in [-0.25, -0.2) is 0 Å². The molecule has 2 unspecified atom stereocenters. The molecule has 1 aromatic rings. The van der Waals surface area contributed by atoms with Crippen LogP contribution in [0.15, 0.2) is 30.3 Å². The van der Waals surface area contributed by atoms with Gasteiger partial charge >= 0.3 is 0 Å². The van der Waals surface area contributed by atoms with Crippen molar-refractivity contribution in [1.29, 1.82) is 0 Å². The number of carbonyl (C=O) groups is 1. The minimum absolute atomic E-state index is 0.0548. The molecule has 0 saturated heterocycles. The molecule has 1 aromatic carbocycles. The minimum atomic E-state index is -0.652. The van der Waals surface area contributed by atoms with Crippen LogP contribution in [0.4, 0.5) is 0 Å². The maximum atomic E-state index is 12.7. The quantitative estimate of drug-likeness (QED) is 0.814. The Hall–Kier alpha value is -1.39. The van der Waals surface area contributed by atoms with Crippen LogP contribution in [-0.4, -0.2) is 29.3 Å². The molecular formula is C18H29NO3. The van der Waals surface area contributed by atoms with Crippen molar-refractivity contribution in [3.8, 4) is 0 Å². The molecule has 0 radical (unpaired) electrons. The summed E-state index contributed by atoms with van der Waals surface area (Å²) in [7, 11) is 0. The summed E-state index contributed by atoms with van der Waals surface area (Å²) in [5.41, 5.74) is 0.406. The van der Waals surface area contributed by atoms with E-state index in [2.05, 4.69) is 5.32 Å². The first-order chi connectivity index (χ1) is 10.2. The zero-order chi connectivity index (χ0) is 16.8. The van der Waals surface area contributed by atoms with Crippen LogP contribution in [0.2, 0.25) is 0 Å². The average molecular weight is 307 g/mol. The Morgan fingerprint density at radius 1 is 1.23 bits per heavy atom. The van der Waals surface area contributed by atoms with Crippen LogP contribution < -0.4 is 5.32 Å². The second-order valence-electron chi connectivity index (χ2n) is 6.89. The van der Waals surface area contributed by atoms with Gasteiger partial charge in [-0.05, 0) is 38.7 Å². The number of carbonyl (C=O) groups excluding carboxylic acids is 1. The number of benzene rings is 1. The van der Waals surface area contributed by atoms with E-state index in [0.717, 1.165) is 5.56 Å². The average Bonchev–Trinajstić information content (AvgIpc) is 2.44. The van der Waals surface area contributed by atoms with E-state index in [-0.39, 0.29) is 24.5 Å². The van der Waals surface area contributed by atoms with Crippen molar-refractivity contribution < 1.29 is 14.6 Å². The molecule has 124 valence electrons. The van der Waals surface area contributed by atoms with Crippen LogP contribution >= 0.6 is 0 Å². The molecule has 0 aliphatic heterocycles. The van der Waals surface area contributed by atoms with Gasteiger partial charge in [0.2, 0.25) is 0 Å². The predicted octanol–water partition coefficient (Wildman–Crippen LogP) is 3.07. The lowest BCUT2D eigenvalue weighted by Crippen LogP contribution is -2.43. The molecule has 2 atom stereocenters. The molecule has 0 heterocycles. The zero-order valence-corrected chi connectivity index (χ0v) is 14.3. The fraction of sp³-hybridized carbons (Fsp3) is 0.611. The third-order valence-corrected chi connectivity index (χ3v) is 3.38. The Morgan fingerprint density at radius 2 is 1.82 bits per heavy atom. The number of hydrogen-bond donors (Lipinski definition) is 2. The maximum Gasteiger partial charge on any atom is 0.254 e. The Labute approximate surface area is 133 Å². The zero-order valence-electron chi connectivity index (χ0n) is 14.3.